The van der Waals surface area contributed by atoms with Crippen LogP contribution in [0.4, 0.5) is 0 Å². The van der Waals surface area contributed by atoms with Gasteiger partial charge in [0.05, 0.1) is 0 Å². The first-order valence-electron chi connectivity index (χ1n) is 8.29. The van der Waals surface area contributed by atoms with E-state index in [4.69, 9.17) is 0 Å². The number of carbonyl (C=O) groups excluding carboxylic acids is 2. The van der Waals surface area contributed by atoms with E-state index in [0.29, 0.717) is 11.1 Å². The summed E-state index contributed by atoms with van der Waals surface area (Å²) in [7, 11) is 0. The lowest BCUT2D eigenvalue weighted by Gasteiger charge is -2.18. The van der Waals surface area contributed by atoms with Crippen molar-refractivity contribution in [2.24, 2.45) is 0 Å². The maximum atomic E-state index is 11.4. The summed E-state index contributed by atoms with van der Waals surface area (Å²) < 4.78 is 0. The summed E-state index contributed by atoms with van der Waals surface area (Å²) >= 11 is 0. The van der Waals surface area contributed by atoms with Gasteiger partial charge in [-0.1, -0.05) is 48.5 Å². The van der Waals surface area contributed by atoms with E-state index < -0.39 is 11.9 Å². The highest BCUT2D eigenvalue weighted by Gasteiger charge is 2.15. The Balaban J connectivity index is 2.23. The van der Waals surface area contributed by atoms with Crippen LogP contribution in [0.1, 0.15) is 11.1 Å². The Morgan fingerprint density at radius 2 is 1.00 bits per heavy atom. The highest BCUT2D eigenvalue weighted by atomic mass is 16.4. The van der Waals surface area contributed by atoms with Crippen molar-refractivity contribution in [2.45, 2.75) is 12.8 Å². The molecule has 0 aliphatic rings. The lowest BCUT2D eigenvalue weighted by Crippen LogP contribution is -2.25. The molecule has 0 unspecified atom stereocenters. The molecule has 0 N–H and O–H groups in total. The molecule has 4 aromatic carbocycles. The van der Waals surface area contributed by atoms with Gasteiger partial charge in [-0.05, 0) is 55.6 Å². The maximum absolute atomic E-state index is 11.4. The highest BCUT2D eigenvalue weighted by Crippen LogP contribution is 2.36. The Morgan fingerprint density at radius 1 is 0.615 bits per heavy atom. The first-order valence-corrected chi connectivity index (χ1v) is 8.29. The summed E-state index contributed by atoms with van der Waals surface area (Å²) in [5, 5.41) is 27.6. The van der Waals surface area contributed by atoms with Crippen molar-refractivity contribution >= 4 is 44.3 Å². The number of carboxylic acids is 2. The minimum Gasteiger partial charge on any atom is -0.550 e. The van der Waals surface area contributed by atoms with E-state index in [1.807, 2.05) is 60.7 Å². The summed E-state index contributed by atoms with van der Waals surface area (Å²) in [6.07, 6.45) is -0.470. The lowest BCUT2D eigenvalue weighted by atomic mass is 9.87. The molecule has 0 amide bonds. The molecule has 0 bridgehead atoms. The van der Waals surface area contributed by atoms with E-state index in [1.165, 1.54) is 0 Å². The predicted molar refractivity (Wildman–Crippen MR) is 96.4 cm³/mol. The molecule has 26 heavy (non-hydrogen) atoms. The van der Waals surface area contributed by atoms with Gasteiger partial charge in [0.1, 0.15) is 0 Å². The van der Waals surface area contributed by atoms with Gasteiger partial charge in [-0.15, -0.1) is 0 Å². The normalized spacial score (nSPS) is 11.2. The first kappa shape index (κ1) is 16.1. The monoisotopic (exact) mass is 342 g/mol. The summed E-state index contributed by atoms with van der Waals surface area (Å²) in [5.74, 6) is -2.34. The molecule has 0 saturated heterocycles. The number of benzene rings is 4. The Hall–Kier alpha value is -3.40. The van der Waals surface area contributed by atoms with Gasteiger partial charge in [0.25, 0.3) is 0 Å². The number of hydrogen-bond donors (Lipinski definition) is 0. The molecule has 0 radical (unpaired) electrons. The van der Waals surface area contributed by atoms with Crippen LogP contribution in [-0.2, 0) is 22.4 Å². The molecule has 4 aromatic rings. The molecule has 128 valence electrons. The Bertz CT molecular complexity index is 1100. The van der Waals surface area contributed by atoms with Crippen LogP contribution in [0.5, 0.6) is 0 Å². The van der Waals surface area contributed by atoms with Gasteiger partial charge in [0.2, 0.25) is 0 Å². The zero-order valence-electron chi connectivity index (χ0n) is 13.8. The van der Waals surface area contributed by atoms with E-state index in [-0.39, 0.29) is 12.8 Å². The van der Waals surface area contributed by atoms with Crippen LogP contribution in [0.3, 0.4) is 0 Å². The highest BCUT2D eigenvalue weighted by molar-refractivity contribution is 6.12. The third kappa shape index (κ3) is 2.65. The van der Waals surface area contributed by atoms with Crippen molar-refractivity contribution in [3.05, 3.63) is 71.8 Å². The molecular formula is C22H14O4-2. The fraction of sp³-hybridized carbons (Fsp3) is 0.0909. The predicted octanol–water partition coefficient (Wildman–Crippen LogP) is 1.73. The SMILES string of the molecule is O=C([O-])Cc1c2ccccc2c(CC(=O)[O-])c2cc3ccccc3cc12. The smallest absolute Gasteiger partial charge is 0.0458 e. The molecule has 0 fully saturated rings. The van der Waals surface area contributed by atoms with Crippen molar-refractivity contribution in [1.29, 1.82) is 0 Å². The van der Waals surface area contributed by atoms with Crippen LogP contribution < -0.4 is 10.2 Å². The summed E-state index contributed by atoms with van der Waals surface area (Å²) in [6, 6.07) is 18.8. The molecule has 4 nitrogen and oxygen atoms in total. The molecule has 4 rings (SSSR count). The van der Waals surface area contributed by atoms with Crippen molar-refractivity contribution in [3.63, 3.8) is 0 Å². The number of carboxylic acid groups (broad SMARTS) is 2. The fourth-order valence-corrected chi connectivity index (χ4v) is 3.71. The van der Waals surface area contributed by atoms with Gasteiger partial charge < -0.3 is 19.8 Å². The second-order valence-corrected chi connectivity index (χ2v) is 6.35. The Morgan fingerprint density at radius 3 is 1.38 bits per heavy atom. The fourth-order valence-electron chi connectivity index (χ4n) is 3.71. The third-order valence-corrected chi connectivity index (χ3v) is 4.76. The summed E-state index contributed by atoms with van der Waals surface area (Å²) in [6.45, 7) is 0. The van der Waals surface area contributed by atoms with Crippen LogP contribution in [-0.4, -0.2) is 11.9 Å². The zero-order chi connectivity index (χ0) is 18.3. The molecule has 4 heteroatoms. The second kappa shape index (κ2) is 6.15. The molecule has 0 heterocycles. The Kier molecular flexibility index (Phi) is 3.81. The zero-order valence-corrected chi connectivity index (χ0v) is 13.8. The lowest BCUT2D eigenvalue weighted by molar-refractivity contribution is -0.306. The maximum Gasteiger partial charge on any atom is 0.0458 e. The van der Waals surface area contributed by atoms with Crippen molar-refractivity contribution in [2.75, 3.05) is 0 Å². The van der Waals surface area contributed by atoms with Crippen molar-refractivity contribution in [1.82, 2.24) is 0 Å². The van der Waals surface area contributed by atoms with Gasteiger partial charge in [-0.2, -0.15) is 0 Å². The van der Waals surface area contributed by atoms with Gasteiger partial charge in [0, 0.05) is 24.8 Å². The molecular weight excluding hydrogens is 328 g/mol. The quantitative estimate of drug-likeness (QED) is 0.529. The average molecular weight is 342 g/mol. The average Bonchev–Trinajstić information content (AvgIpc) is 2.62. The molecule has 0 spiro atoms. The standard InChI is InChI=1S/C22H16O4/c23-21(24)11-19-15-7-3-4-8-16(15)20(12-22(25)26)18-10-14-6-2-1-5-13(14)9-17(18)19/h1-10H,11-12H2,(H,23,24)(H,25,26)/p-2. The van der Waals surface area contributed by atoms with Gasteiger partial charge in [-0.3, -0.25) is 0 Å². The number of fused-ring (bicyclic) bond motifs is 3. The Labute approximate surface area is 149 Å². The largest absolute Gasteiger partial charge is 0.550 e. The molecule has 0 aliphatic carbocycles. The van der Waals surface area contributed by atoms with E-state index in [9.17, 15) is 19.8 Å². The minimum atomic E-state index is -1.17. The van der Waals surface area contributed by atoms with Crippen LogP contribution >= 0.6 is 0 Å². The van der Waals surface area contributed by atoms with Crippen LogP contribution in [0.25, 0.3) is 32.3 Å². The minimum absolute atomic E-state index is 0.235. The van der Waals surface area contributed by atoms with E-state index in [2.05, 4.69) is 0 Å². The van der Waals surface area contributed by atoms with Crippen molar-refractivity contribution in [3.8, 4) is 0 Å². The molecule has 0 atom stereocenters. The van der Waals surface area contributed by atoms with Crippen LogP contribution in [0.2, 0.25) is 0 Å². The first-order chi connectivity index (χ1) is 12.5. The second-order valence-electron chi connectivity index (χ2n) is 6.35. The van der Waals surface area contributed by atoms with Gasteiger partial charge in [-0.25, -0.2) is 0 Å². The van der Waals surface area contributed by atoms with Gasteiger partial charge >= 0.3 is 0 Å². The van der Waals surface area contributed by atoms with E-state index >= 15 is 0 Å². The third-order valence-electron chi connectivity index (χ3n) is 4.76. The molecule has 0 aliphatic heterocycles. The topological polar surface area (TPSA) is 80.3 Å². The number of aliphatic carboxylic acids is 2. The van der Waals surface area contributed by atoms with E-state index in [0.717, 1.165) is 32.3 Å². The molecule has 0 aromatic heterocycles. The van der Waals surface area contributed by atoms with E-state index in [1.54, 1.807) is 0 Å². The van der Waals surface area contributed by atoms with Crippen molar-refractivity contribution < 1.29 is 19.8 Å². The summed E-state index contributed by atoms with van der Waals surface area (Å²) in [5.41, 5.74) is 1.28. The number of carbonyl (C=O) groups is 2. The van der Waals surface area contributed by atoms with Gasteiger partial charge in [0.15, 0.2) is 0 Å². The molecule has 0 saturated carbocycles. The summed E-state index contributed by atoms with van der Waals surface area (Å²) in [4.78, 5) is 22.7. The number of hydrogen-bond acceptors (Lipinski definition) is 4. The number of rotatable bonds is 4. The van der Waals surface area contributed by atoms with Crippen LogP contribution in [0.15, 0.2) is 60.7 Å². The van der Waals surface area contributed by atoms with Crippen LogP contribution in [0, 0.1) is 0 Å².